The van der Waals surface area contributed by atoms with Gasteiger partial charge in [0.1, 0.15) is 0 Å². The second-order valence-electron chi connectivity index (χ2n) is 12.5. The Morgan fingerprint density at radius 3 is 2.53 bits per heavy atom. The first-order valence-corrected chi connectivity index (χ1v) is 13.2. The van der Waals surface area contributed by atoms with Crippen molar-refractivity contribution in [1.82, 2.24) is 0 Å². The van der Waals surface area contributed by atoms with Crippen LogP contribution in [0.5, 0.6) is 0 Å². The Hall–Kier alpha value is -0.340. The first-order chi connectivity index (χ1) is 14.2. The van der Waals surface area contributed by atoms with Gasteiger partial charge in [-0.05, 0) is 111 Å². The third-order valence-corrected chi connectivity index (χ3v) is 10.9. The SMILES string of the molecule is CCC(CC(O)CC1CCC2C3CC=C4CC(O)CCC4(C)C3CCC12C)C(C)C. The maximum absolute atomic E-state index is 11.0. The van der Waals surface area contributed by atoms with Gasteiger partial charge < -0.3 is 10.2 Å². The molecule has 9 atom stereocenters. The Morgan fingerprint density at radius 2 is 1.83 bits per heavy atom. The summed E-state index contributed by atoms with van der Waals surface area (Å²) in [6, 6.07) is 0. The van der Waals surface area contributed by atoms with E-state index in [1.165, 1.54) is 44.9 Å². The van der Waals surface area contributed by atoms with Crippen LogP contribution < -0.4 is 0 Å². The Kier molecular flexibility index (Phi) is 6.50. The summed E-state index contributed by atoms with van der Waals surface area (Å²) in [6.07, 6.45) is 15.3. The van der Waals surface area contributed by atoms with Gasteiger partial charge in [-0.1, -0.05) is 52.7 Å². The number of hydrogen-bond acceptors (Lipinski definition) is 2. The highest BCUT2D eigenvalue weighted by Gasteiger charge is 2.58. The first-order valence-electron chi connectivity index (χ1n) is 13.2. The average Bonchev–Trinajstić information content (AvgIpc) is 3.02. The van der Waals surface area contributed by atoms with Crippen molar-refractivity contribution in [2.45, 2.75) is 117 Å². The van der Waals surface area contributed by atoms with E-state index in [2.05, 4.69) is 40.7 Å². The van der Waals surface area contributed by atoms with Crippen LogP contribution in [0.1, 0.15) is 105 Å². The van der Waals surface area contributed by atoms with E-state index in [1.54, 1.807) is 5.57 Å². The minimum Gasteiger partial charge on any atom is -0.393 e. The minimum absolute atomic E-state index is 0.107. The van der Waals surface area contributed by atoms with Crippen LogP contribution in [-0.2, 0) is 0 Å². The largest absolute Gasteiger partial charge is 0.393 e. The average molecular weight is 417 g/mol. The molecule has 3 saturated carbocycles. The first kappa shape index (κ1) is 22.8. The number of fused-ring (bicyclic) bond motifs is 5. The molecule has 0 bridgehead atoms. The van der Waals surface area contributed by atoms with Crippen LogP contribution in [-0.4, -0.2) is 22.4 Å². The maximum Gasteiger partial charge on any atom is 0.0577 e. The van der Waals surface area contributed by atoms with Gasteiger partial charge in [-0.15, -0.1) is 0 Å². The predicted octanol–water partition coefficient (Wildman–Crippen LogP) is 6.75. The normalized spacial score (nSPS) is 45.3. The van der Waals surface area contributed by atoms with Crippen LogP contribution in [0.2, 0.25) is 0 Å². The molecule has 3 fully saturated rings. The lowest BCUT2D eigenvalue weighted by atomic mass is 9.47. The molecule has 0 amide bonds. The number of rotatable bonds is 6. The lowest BCUT2D eigenvalue weighted by Gasteiger charge is -2.58. The Bertz CT molecular complexity index is 639. The molecule has 0 heterocycles. The monoisotopic (exact) mass is 416 g/mol. The third kappa shape index (κ3) is 3.83. The Labute approximate surface area is 185 Å². The molecule has 0 aromatic rings. The van der Waals surface area contributed by atoms with Crippen molar-refractivity contribution in [3.8, 4) is 0 Å². The smallest absolute Gasteiger partial charge is 0.0577 e. The molecule has 4 rings (SSSR count). The zero-order chi connectivity index (χ0) is 21.7. The summed E-state index contributed by atoms with van der Waals surface area (Å²) >= 11 is 0. The van der Waals surface area contributed by atoms with Crippen molar-refractivity contribution >= 4 is 0 Å². The summed E-state index contributed by atoms with van der Waals surface area (Å²) < 4.78 is 0. The van der Waals surface area contributed by atoms with Crippen molar-refractivity contribution in [2.24, 2.45) is 46.3 Å². The molecule has 4 aliphatic carbocycles. The number of allylic oxidation sites excluding steroid dienone is 1. The van der Waals surface area contributed by atoms with Crippen molar-refractivity contribution in [3.05, 3.63) is 11.6 Å². The molecule has 2 heteroatoms. The summed E-state index contributed by atoms with van der Waals surface area (Å²) in [6.45, 7) is 12.0. The standard InChI is InChI=1S/C28H48O2/c1-6-19(18(2)3)15-23(30)17-21-8-10-25-24-9-7-20-16-22(29)11-13-27(20,4)26(24)12-14-28(21,25)5/h7,18-19,21-26,29-30H,6,8-17H2,1-5H3. The van der Waals surface area contributed by atoms with Crippen LogP contribution in [0.3, 0.4) is 0 Å². The summed E-state index contributed by atoms with van der Waals surface area (Å²) in [7, 11) is 0. The van der Waals surface area contributed by atoms with E-state index in [1.807, 2.05) is 0 Å². The molecule has 0 spiro atoms. The van der Waals surface area contributed by atoms with E-state index in [0.29, 0.717) is 28.6 Å². The predicted molar refractivity (Wildman–Crippen MR) is 125 cm³/mol. The topological polar surface area (TPSA) is 40.5 Å². The summed E-state index contributed by atoms with van der Waals surface area (Å²) in [5, 5.41) is 21.2. The molecule has 0 radical (unpaired) electrons. The maximum atomic E-state index is 11.0. The molecule has 172 valence electrons. The van der Waals surface area contributed by atoms with Gasteiger partial charge >= 0.3 is 0 Å². The van der Waals surface area contributed by atoms with Crippen molar-refractivity contribution in [2.75, 3.05) is 0 Å². The Balaban J connectivity index is 1.46. The molecular formula is C28H48O2. The highest BCUT2D eigenvalue weighted by atomic mass is 16.3. The van der Waals surface area contributed by atoms with E-state index in [9.17, 15) is 10.2 Å². The van der Waals surface area contributed by atoms with Crippen LogP contribution in [0.4, 0.5) is 0 Å². The summed E-state index contributed by atoms with van der Waals surface area (Å²) in [5.41, 5.74) is 2.35. The van der Waals surface area contributed by atoms with E-state index in [4.69, 9.17) is 0 Å². The molecule has 30 heavy (non-hydrogen) atoms. The van der Waals surface area contributed by atoms with Crippen molar-refractivity contribution < 1.29 is 10.2 Å². The number of aliphatic hydroxyl groups excluding tert-OH is 2. The van der Waals surface area contributed by atoms with E-state index < -0.39 is 0 Å². The van der Waals surface area contributed by atoms with Crippen LogP contribution in [0, 0.1) is 46.3 Å². The second-order valence-corrected chi connectivity index (χ2v) is 12.5. The zero-order valence-electron chi connectivity index (χ0n) is 20.4. The quantitative estimate of drug-likeness (QED) is 0.470. The highest BCUT2D eigenvalue weighted by Crippen LogP contribution is 2.66. The van der Waals surface area contributed by atoms with E-state index >= 15 is 0 Å². The molecule has 0 aromatic heterocycles. The van der Waals surface area contributed by atoms with Crippen molar-refractivity contribution in [3.63, 3.8) is 0 Å². The van der Waals surface area contributed by atoms with Gasteiger partial charge in [-0.25, -0.2) is 0 Å². The fraction of sp³-hybridized carbons (Fsp3) is 0.929. The van der Waals surface area contributed by atoms with E-state index in [0.717, 1.165) is 43.4 Å². The third-order valence-electron chi connectivity index (χ3n) is 10.9. The molecule has 0 aromatic carbocycles. The van der Waals surface area contributed by atoms with Gasteiger partial charge in [-0.3, -0.25) is 0 Å². The van der Waals surface area contributed by atoms with Crippen molar-refractivity contribution in [1.29, 1.82) is 0 Å². The molecule has 9 unspecified atom stereocenters. The lowest BCUT2D eigenvalue weighted by Crippen LogP contribution is -2.50. The molecule has 2 nitrogen and oxygen atoms in total. The molecule has 0 saturated heterocycles. The highest BCUT2D eigenvalue weighted by molar-refractivity contribution is 5.25. The number of aliphatic hydroxyl groups is 2. The molecule has 4 aliphatic rings. The summed E-state index contributed by atoms with van der Waals surface area (Å²) in [4.78, 5) is 0. The van der Waals surface area contributed by atoms with E-state index in [-0.39, 0.29) is 12.2 Å². The molecular weight excluding hydrogens is 368 g/mol. The summed E-state index contributed by atoms with van der Waals surface area (Å²) in [5.74, 6) is 4.51. The zero-order valence-corrected chi connectivity index (χ0v) is 20.4. The molecule has 0 aliphatic heterocycles. The van der Waals surface area contributed by atoms with Gasteiger partial charge in [0, 0.05) is 0 Å². The van der Waals surface area contributed by atoms with Crippen LogP contribution in [0.25, 0.3) is 0 Å². The fourth-order valence-electron chi connectivity index (χ4n) is 8.82. The minimum atomic E-state index is -0.120. The van der Waals surface area contributed by atoms with Gasteiger partial charge in [0.05, 0.1) is 12.2 Å². The van der Waals surface area contributed by atoms with Crippen LogP contribution >= 0.6 is 0 Å². The second kappa shape index (κ2) is 8.54. The van der Waals surface area contributed by atoms with Crippen LogP contribution in [0.15, 0.2) is 11.6 Å². The fourth-order valence-corrected chi connectivity index (χ4v) is 8.82. The van der Waals surface area contributed by atoms with Gasteiger partial charge in [0.15, 0.2) is 0 Å². The van der Waals surface area contributed by atoms with Gasteiger partial charge in [0.25, 0.3) is 0 Å². The molecule has 2 N–H and O–H groups in total. The van der Waals surface area contributed by atoms with Gasteiger partial charge in [0.2, 0.25) is 0 Å². The number of hydrogen-bond donors (Lipinski definition) is 2. The van der Waals surface area contributed by atoms with Gasteiger partial charge in [-0.2, -0.15) is 0 Å². The Morgan fingerprint density at radius 1 is 1.07 bits per heavy atom. The lowest BCUT2D eigenvalue weighted by molar-refractivity contribution is -0.0563.